The molecule has 3 aromatic rings. The topological polar surface area (TPSA) is 68.6 Å². The number of ketones is 1. The minimum atomic E-state index is -1.15. The fraction of sp³-hybridized carbons (Fsp3) is 0.261. The summed E-state index contributed by atoms with van der Waals surface area (Å²) in [6, 6.07) is 14.4. The summed E-state index contributed by atoms with van der Waals surface area (Å²) in [5, 5.41) is 0.789. The van der Waals surface area contributed by atoms with Gasteiger partial charge in [0.1, 0.15) is 5.75 Å². The summed E-state index contributed by atoms with van der Waals surface area (Å²) in [6.07, 6.45) is -0.0348. The van der Waals surface area contributed by atoms with Gasteiger partial charge in [0.2, 0.25) is 5.91 Å². The minimum absolute atomic E-state index is 0.0348. The van der Waals surface area contributed by atoms with Gasteiger partial charge in [-0.25, -0.2) is 0 Å². The Morgan fingerprint density at radius 2 is 1.69 bits per heavy atom. The number of carbonyl (C=O) groups is 3. The molecule has 1 aliphatic heterocycles. The maximum atomic E-state index is 13.2. The number of rotatable bonds is 4. The second-order valence-corrected chi connectivity index (χ2v) is 7.63. The van der Waals surface area contributed by atoms with Gasteiger partial charge in [0, 0.05) is 42.7 Å². The third-order valence-corrected chi connectivity index (χ3v) is 5.85. The standard InChI is InChI=1S/C23H22N2O4/c1-23(13-18(26)14-9-11-15(29-4)12-10-14)20-19(21(27)25(3)22(23)28)16-7-5-6-8-17(16)24(20)2/h5-12H,13H2,1-4H3. The number of hydrogen-bond acceptors (Lipinski definition) is 4. The zero-order valence-corrected chi connectivity index (χ0v) is 16.9. The number of Topliss-reactive ketones (excluding diaryl/α,β-unsaturated/α-hetero) is 1. The first kappa shape index (κ1) is 18.9. The Bertz CT molecular complexity index is 1160. The molecule has 0 fully saturated rings. The number of aromatic nitrogens is 1. The van der Waals surface area contributed by atoms with E-state index in [1.807, 2.05) is 35.9 Å². The van der Waals surface area contributed by atoms with E-state index in [4.69, 9.17) is 4.74 Å². The van der Waals surface area contributed by atoms with Crippen molar-refractivity contribution in [3.05, 3.63) is 65.4 Å². The summed E-state index contributed by atoms with van der Waals surface area (Å²) in [4.78, 5) is 40.4. The van der Waals surface area contributed by atoms with E-state index in [-0.39, 0.29) is 24.0 Å². The highest BCUT2D eigenvalue weighted by molar-refractivity contribution is 6.20. The number of aryl methyl sites for hydroxylation is 1. The lowest BCUT2D eigenvalue weighted by Gasteiger charge is -2.37. The predicted octanol–water partition coefficient (Wildman–Crippen LogP) is 3.33. The van der Waals surface area contributed by atoms with E-state index >= 15 is 0 Å². The van der Waals surface area contributed by atoms with E-state index in [9.17, 15) is 14.4 Å². The zero-order valence-electron chi connectivity index (χ0n) is 16.9. The maximum absolute atomic E-state index is 13.2. The van der Waals surface area contributed by atoms with Crippen molar-refractivity contribution in [2.45, 2.75) is 18.8 Å². The molecule has 1 unspecified atom stereocenters. The summed E-state index contributed by atoms with van der Waals surface area (Å²) >= 11 is 0. The van der Waals surface area contributed by atoms with E-state index in [0.29, 0.717) is 22.6 Å². The lowest BCUT2D eigenvalue weighted by atomic mass is 9.75. The van der Waals surface area contributed by atoms with Crippen molar-refractivity contribution >= 4 is 28.5 Å². The number of para-hydroxylation sites is 1. The van der Waals surface area contributed by atoms with Gasteiger partial charge in [-0.2, -0.15) is 0 Å². The normalized spacial score (nSPS) is 18.8. The number of likely N-dealkylation sites (N-methyl/N-ethyl adjacent to an activating group) is 1. The lowest BCUT2D eigenvalue weighted by molar-refractivity contribution is -0.133. The largest absolute Gasteiger partial charge is 0.497 e. The second kappa shape index (κ2) is 6.58. The van der Waals surface area contributed by atoms with Crippen molar-refractivity contribution in [3.8, 4) is 5.75 Å². The van der Waals surface area contributed by atoms with Crippen LogP contribution in [0.25, 0.3) is 10.9 Å². The van der Waals surface area contributed by atoms with Crippen molar-refractivity contribution < 1.29 is 19.1 Å². The van der Waals surface area contributed by atoms with E-state index in [2.05, 4.69) is 0 Å². The van der Waals surface area contributed by atoms with Gasteiger partial charge in [-0.05, 0) is 37.3 Å². The van der Waals surface area contributed by atoms with Gasteiger partial charge in [0.05, 0.1) is 18.1 Å². The summed E-state index contributed by atoms with van der Waals surface area (Å²) in [5.74, 6) is -0.218. The monoisotopic (exact) mass is 390 g/mol. The summed E-state index contributed by atoms with van der Waals surface area (Å²) in [7, 11) is 4.88. The molecule has 148 valence electrons. The van der Waals surface area contributed by atoms with Crippen molar-refractivity contribution in [2.75, 3.05) is 14.2 Å². The molecule has 0 saturated heterocycles. The quantitative estimate of drug-likeness (QED) is 0.506. The first-order valence-electron chi connectivity index (χ1n) is 9.37. The highest BCUT2D eigenvalue weighted by Crippen LogP contribution is 2.42. The minimum Gasteiger partial charge on any atom is -0.497 e. The molecule has 0 radical (unpaired) electrons. The van der Waals surface area contributed by atoms with E-state index < -0.39 is 5.41 Å². The van der Waals surface area contributed by atoms with Gasteiger partial charge in [-0.15, -0.1) is 0 Å². The molecule has 0 aliphatic carbocycles. The number of benzene rings is 2. The van der Waals surface area contributed by atoms with Crippen LogP contribution in [-0.4, -0.2) is 41.2 Å². The molecular weight excluding hydrogens is 368 g/mol. The Morgan fingerprint density at radius 3 is 2.34 bits per heavy atom. The van der Waals surface area contributed by atoms with Crippen LogP contribution in [0.4, 0.5) is 0 Å². The van der Waals surface area contributed by atoms with Crippen molar-refractivity contribution in [1.82, 2.24) is 9.47 Å². The van der Waals surface area contributed by atoms with Crippen LogP contribution in [0.2, 0.25) is 0 Å². The number of methoxy groups -OCH3 is 1. The van der Waals surface area contributed by atoms with Crippen LogP contribution in [0.3, 0.4) is 0 Å². The van der Waals surface area contributed by atoms with Crippen molar-refractivity contribution in [1.29, 1.82) is 0 Å². The Kier molecular flexibility index (Phi) is 4.30. The summed E-state index contributed by atoms with van der Waals surface area (Å²) in [6.45, 7) is 1.75. The molecule has 2 amide bonds. The fourth-order valence-electron chi connectivity index (χ4n) is 4.35. The van der Waals surface area contributed by atoms with E-state index in [0.717, 1.165) is 15.8 Å². The van der Waals surface area contributed by atoms with E-state index in [1.54, 1.807) is 38.3 Å². The zero-order chi connectivity index (χ0) is 20.9. The molecule has 4 rings (SSSR count). The molecule has 0 saturated carbocycles. The molecule has 6 nitrogen and oxygen atoms in total. The van der Waals surface area contributed by atoms with Crippen LogP contribution in [0.1, 0.15) is 39.8 Å². The smallest absolute Gasteiger partial charge is 0.262 e. The number of carbonyl (C=O) groups excluding carboxylic acids is 3. The summed E-state index contributed by atoms with van der Waals surface area (Å²) in [5.41, 5.74) is 1.30. The predicted molar refractivity (Wildman–Crippen MR) is 109 cm³/mol. The second-order valence-electron chi connectivity index (χ2n) is 7.63. The number of imide groups is 1. The van der Waals surface area contributed by atoms with Gasteiger partial charge in [-0.3, -0.25) is 19.3 Å². The Morgan fingerprint density at radius 1 is 1.03 bits per heavy atom. The number of amides is 2. The average molecular weight is 390 g/mol. The Labute approximate surface area is 168 Å². The summed E-state index contributed by atoms with van der Waals surface area (Å²) < 4.78 is 7.01. The lowest BCUT2D eigenvalue weighted by Crippen LogP contribution is -2.52. The Hall–Kier alpha value is -3.41. The van der Waals surface area contributed by atoms with Crippen LogP contribution in [-0.2, 0) is 17.3 Å². The fourth-order valence-corrected chi connectivity index (χ4v) is 4.35. The molecule has 29 heavy (non-hydrogen) atoms. The molecule has 0 N–H and O–H groups in total. The van der Waals surface area contributed by atoms with Gasteiger partial charge >= 0.3 is 0 Å². The molecular formula is C23H22N2O4. The molecule has 1 aliphatic rings. The SMILES string of the molecule is COc1ccc(C(=O)CC2(C)C(=O)N(C)C(=O)c3c2n(C)c2ccccc32)cc1. The van der Waals surface area contributed by atoms with Crippen molar-refractivity contribution in [3.63, 3.8) is 0 Å². The molecule has 1 aromatic heterocycles. The molecule has 2 heterocycles. The number of hydrogen-bond donors (Lipinski definition) is 0. The third-order valence-electron chi connectivity index (χ3n) is 5.85. The van der Waals surface area contributed by atoms with Crippen LogP contribution < -0.4 is 4.74 Å². The van der Waals surface area contributed by atoms with Crippen molar-refractivity contribution in [2.24, 2.45) is 7.05 Å². The average Bonchev–Trinajstić information content (AvgIpc) is 3.04. The third kappa shape index (κ3) is 2.67. The first-order valence-corrected chi connectivity index (χ1v) is 9.37. The maximum Gasteiger partial charge on any atom is 0.262 e. The number of nitrogens with zero attached hydrogens (tertiary/aromatic N) is 2. The van der Waals surface area contributed by atoms with Gasteiger partial charge in [0.15, 0.2) is 5.78 Å². The van der Waals surface area contributed by atoms with E-state index in [1.165, 1.54) is 7.05 Å². The van der Waals surface area contributed by atoms with Gasteiger partial charge < -0.3 is 9.30 Å². The van der Waals surface area contributed by atoms with Crippen LogP contribution in [0, 0.1) is 0 Å². The van der Waals surface area contributed by atoms with Crippen LogP contribution in [0.5, 0.6) is 5.75 Å². The molecule has 2 aromatic carbocycles. The van der Waals surface area contributed by atoms with Gasteiger partial charge in [0.25, 0.3) is 5.91 Å². The van der Waals surface area contributed by atoms with Crippen LogP contribution in [0.15, 0.2) is 48.5 Å². The highest BCUT2D eigenvalue weighted by atomic mass is 16.5. The molecule has 1 atom stereocenters. The molecule has 0 bridgehead atoms. The first-order chi connectivity index (χ1) is 13.8. The molecule has 0 spiro atoms. The van der Waals surface area contributed by atoms with Gasteiger partial charge in [-0.1, -0.05) is 18.2 Å². The number of fused-ring (bicyclic) bond motifs is 3. The molecule has 6 heteroatoms. The number of ether oxygens (including phenoxy) is 1. The Balaban J connectivity index is 1.86. The van der Waals surface area contributed by atoms with Crippen LogP contribution >= 0.6 is 0 Å². The highest BCUT2D eigenvalue weighted by Gasteiger charge is 2.50.